The predicted octanol–water partition coefficient (Wildman–Crippen LogP) is 4.16. The van der Waals surface area contributed by atoms with E-state index >= 15 is 0 Å². The Bertz CT molecular complexity index is 956. The van der Waals surface area contributed by atoms with Crippen molar-refractivity contribution in [3.8, 4) is 11.4 Å². The second-order valence-electron chi connectivity index (χ2n) is 6.09. The lowest BCUT2D eigenvalue weighted by molar-refractivity contribution is -0.118. The molecule has 2 heterocycles. The molecule has 2 aromatic carbocycles. The predicted molar refractivity (Wildman–Crippen MR) is 98.2 cm³/mol. The number of halogens is 2. The zero-order valence-corrected chi connectivity index (χ0v) is 15.4. The van der Waals surface area contributed by atoms with Gasteiger partial charge < -0.3 is 9.42 Å². The average molecular weight is 416 g/mol. The third-order valence-electron chi connectivity index (χ3n) is 4.36. The highest BCUT2D eigenvalue weighted by Crippen LogP contribution is 2.31. The van der Waals surface area contributed by atoms with Gasteiger partial charge in [0.05, 0.1) is 0 Å². The second-order valence-corrected chi connectivity index (χ2v) is 7.00. The Morgan fingerprint density at radius 1 is 1.23 bits per heavy atom. The maximum Gasteiger partial charge on any atom is 0.227 e. The third-order valence-corrected chi connectivity index (χ3v) is 4.85. The molecule has 1 aliphatic heterocycles. The number of hydrogen-bond donors (Lipinski definition) is 0. The molecular weight excluding hydrogens is 401 g/mol. The molecule has 26 heavy (non-hydrogen) atoms. The highest BCUT2D eigenvalue weighted by molar-refractivity contribution is 9.10. The number of hydrogen-bond acceptors (Lipinski definition) is 4. The number of aromatic nitrogens is 2. The van der Waals surface area contributed by atoms with Crippen LogP contribution in [0.25, 0.3) is 11.4 Å². The van der Waals surface area contributed by atoms with E-state index in [2.05, 4.69) is 32.1 Å². The SMILES string of the molecule is O=C(CCc1nc(-c2ccc(F)cc2)no1)N1CCc2cc(Br)ccc21. The fourth-order valence-electron chi connectivity index (χ4n) is 3.05. The second kappa shape index (κ2) is 6.99. The zero-order valence-electron chi connectivity index (χ0n) is 13.8. The molecule has 0 radical (unpaired) electrons. The van der Waals surface area contributed by atoms with Crippen LogP contribution in [0.5, 0.6) is 0 Å². The van der Waals surface area contributed by atoms with Gasteiger partial charge in [0.1, 0.15) is 5.82 Å². The summed E-state index contributed by atoms with van der Waals surface area (Å²) >= 11 is 3.46. The molecule has 1 amide bonds. The van der Waals surface area contributed by atoms with E-state index in [4.69, 9.17) is 4.52 Å². The summed E-state index contributed by atoms with van der Waals surface area (Å²) in [6.07, 6.45) is 1.52. The van der Waals surface area contributed by atoms with Crippen LogP contribution in [0.2, 0.25) is 0 Å². The molecule has 0 bridgehead atoms. The van der Waals surface area contributed by atoms with Gasteiger partial charge in [0, 0.05) is 35.1 Å². The van der Waals surface area contributed by atoms with Gasteiger partial charge in [0.15, 0.2) is 0 Å². The fraction of sp³-hybridized carbons (Fsp3) is 0.211. The molecule has 0 saturated heterocycles. The standard InChI is InChI=1S/C19H15BrFN3O2/c20-14-3-6-16-13(11-14)9-10-24(16)18(25)8-7-17-22-19(23-26-17)12-1-4-15(21)5-2-12/h1-6,11H,7-10H2. The van der Waals surface area contributed by atoms with Gasteiger partial charge in [-0.05, 0) is 54.4 Å². The van der Waals surface area contributed by atoms with Crippen LogP contribution in [-0.4, -0.2) is 22.6 Å². The molecule has 0 aliphatic carbocycles. The van der Waals surface area contributed by atoms with Crippen LogP contribution < -0.4 is 4.90 Å². The Hall–Kier alpha value is -2.54. The summed E-state index contributed by atoms with van der Waals surface area (Å²) in [6.45, 7) is 0.690. The van der Waals surface area contributed by atoms with Crippen LogP contribution in [0.15, 0.2) is 51.5 Å². The number of fused-ring (bicyclic) bond motifs is 1. The summed E-state index contributed by atoms with van der Waals surface area (Å²) in [7, 11) is 0. The lowest BCUT2D eigenvalue weighted by Gasteiger charge is -2.16. The maximum absolute atomic E-state index is 13.0. The first kappa shape index (κ1) is 16.9. The molecule has 0 atom stereocenters. The minimum absolute atomic E-state index is 0.0348. The van der Waals surface area contributed by atoms with E-state index in [9.17, 15) is 9.18 Å². The fourth-order valence-corrected chi connectivity index (χ4v) is 3.46. The zero-order chi connectivity index (χ0) is 18.1. The van der Waals surface area contributed by atoms with Crippen LogP contribution in [0.1, 0.15) is 17.9 Å². The molecule has 0 N–H and O–H groups in total. The summed E-state index contributed by atoms with van der Waals surface area (Å²) in [4.78, 5) is 18.7. The number of carbonyl (C=O) groups excluding carboxylic acids is 1. The first-order chi connectivity index (χ1) is 12.6. The maximum atomic E-state index is 13.0. The van der Waals surface area contributed by atoms with Crippen molar-refractivity contribution >= 4 is 27.5 Å². The normalized spacial score (nSPS) is 13.1. The lowest BCUT2D eigenvalue weighted by Crippen LogP contribution is -2.29. The van der Waals surface area contributed by atoms with E-state index in [1.54, 1.807) is 17.0 Å². The lowest BCUT2D eigenvalue weighted by atomic mass is 10.2. The number of nitrogens with zero attached hydrogens (tertiary/aromatic N) is 3. The van der Waals surface area contributed by atoms with Gasteiger partial charge in [-0.2, -0.15) is 4.98 Å². The number of aryl methyl sites for hydroxylation is 1. The summed E-state index contributed by atoms with van der Waals surface area (Å²) < 4.78 is 19.2. The van der Waals surface area contributed by atoms with Crippen molar-refractivity contribution in [1.82, 2.24) is 10.1 Å². The van der Waals surface area contributed by atoms with Crippen LogP contribution in [-0.2, 0) is 17.6 Å². The molecule has 3 aromatic rings. The van der Waals surface area contributed by atoms with Crippen molar-refractivity contribution in [3.63, 3.8) is 0 Å². The van der Waals surface area contributed by atoms with Gasteiger partial charge in [-0.15, -0.1) is 0 Å². The Morgan fingerprint density at radius 2 is 2.04 bits per heavy atom. The van der Waals surface area contributed by atoms with E-state index in [0.29, 0.717) is 36.7 Å². The van der Waals surface area contributed by atoms with Crippen molar-refractivity contribution in [2.45, 2.75) is 19.3 Å². The molecule has 132 valence electrons. The Morgan fingerprint density at radius 3 is 2.85 bits per heavy atom. The summed E-state index contributed by atoms with van der Waals surface area (Å²) in [6, 6.07) is 11.8. The summed E-state index contributed by atoms with van der Waals surface area (Å²) in [5, 5.41) is 3.90. The van der Waals surface area contributed by atoms with Crippen LogP contribution in [0, 0.1) is 5.82 Å². The molecule has 0 unspecified atom stereocenters. The summed E-state index contributed by atoms with van der Waals surface area (Å²) in [5.74, 6) is 0.505. The van der Waals surface area contributed by atoms with Gasteiger partial charge in [-0.25, -0.2) is 4.39 Å². The van der Waals surface area contributed by atoms with Crippen LogP contribution in [0.3, 0.4) is 0 Å². The van der Waals surface area contributed by atoms with E-state index in [0.717, 1.165) is 16.6 Å². The van der Waals surface area contributed by atoms with E-state index in [1.165, 1.54) is 17.7 Å². The van der Waals surface area contributed by atoms with Gasteiger partial charge in [-0.1, -0.05) is 21.1 Å². The smallest absolute Gasteiger partial charge is 0.227 e. The van der Waals surface area contributed by atoms with Crippen molar-refractivity contribution in [2.75, 3.05) is 11.4 Å². The van der Waals surface area contributed by atoms with Gasteiger partial charge >= 0.3 is 0 Å². The Balaban J connectivity index is 1.41. The van der Waals surface area contributed by atoms with Crippen molar-refractivity contribution in [2.24, 2.45) is 0 Å². The third kappa shape index (κ3) is 3.39. The van der Waals surface area contributed by atoms with Crippen LogP contribution in [0.4, 0.5) is 10.1 Å². The van der Waals surface area contributed by atoms with Gasteiger partial charge in [-0.3, -0.25) is 4.79 Å². The minimum atomic E-state index is -0.319. The molecule has 7 heteroatoms. The molecule has 0 spiro atoms. The number of anilines is 1. The van der Waals surface area contributed by atoms with Gasteiger partial charge in [0.25, 0.3) is 0 Å². The largest absolute Gasteiger partial charge is 0.339 e. The number of benzene rings is 2. The first-order valence-electron chi connectivity index (χ1n) is 8.27. The van der Waals surface area contributed by atoms with E-state index in [-0.39, 0.29) is 11.7 Å². The molecule has 1 aromatic heterocycles. The van der Waals surface area contributed by atoms with Crippen molar-refractivity contribution < 1.29 is 13.7 Å². The molecule has 0 fully saturated rings. The molecular formula is C19H15BrFN3O2. The highest BCUT2D eigenvalue weighted by Gasteiger charge is 2.24. The number of carbonyl (C=O) groups is 1. The molecule has 0 saturated carbocycles. The quantitative estimate of drug-likeness (QED) is 0.641. The van der Waals surface area contributed by atoms with Crippen molar-refractivity contribution in [1.29, 1.82) is 0 Å². The van der Waals surface area contributed by atoms with Gasteiger partial charge in [0.2, 0.25) is 17.6 Å². The molecule has 5 nitrogen and oxygen atoms in total. The molecule has 4 rings (SSSR count). The monoisotopic (exact) mass is 415 g/mol. The summed E-state index contributed by atoms with van der Waals surface area (Å²) in [5.41, 5.74) is 2.81. The number of rotatable bonds is 4. The topological polar surface area (TPSA) is 59.2 Å². The van der Waals surface area contributed by atoms with Crippen LogP contribution >= 0.6 is 15.9 Å². The number of amides is 1. The highest BCUT2D eigenvalue weighted by atomic mass is 79.9. The Kier molecular flexibility index (Phi) is 4.55. The van der Waals surface area contributed by atoms with Crippen molar-refractivity contribution in [3.05, 3.63) is 64.2 Å². The minimum Gasteiger partial charge on any atom is -0.339 e. The average Bonchev–Trinajstić information content (AvgIpc) is 3.27. The first-order valence-corrected chi connectivity index (χ1v) is 9.07. The molecule has 1 aliphatic rings. The van der Waals surface area contributed by atoms with E-state index < -0.39 is 0 Å². The Labute approximate surface area is 158 Å². The van der Waals surface area contributed by atoms with E-state index in [1.807, 2.05) is 12.1 Å².